The monoisotopic (exact) mass is 299 g/mol. The van der Waals surface area contributed by atoms with Crippen molar-refractivity contribution < 1.29 is 17.9 Å². The minimum atomic E-state index is -4.39. The maximum absolute atomic E-state index is 12.8. The highest BCUT2D eigenvalue weighted by Gasteiger charge is 2.31. The van der Waals surface area contributed by atoms with Gasteiger partial charge in [0.2, 0.25) is 0 Å². The minimum Gasteiger partial charge on any atom is -0.384 e. The largest absolute Gasteiger partial charge is 0.416 e. The lowest BCUT2D eigenvalue weighted by molar-refractivity contribution is -0.137. The van der Waals surface area contributed by atoms with Crippen LogP contribution in [0.2, 0.25) is 0 Å². The number of benzene rings is 1. The van der Waals surface area contributed by atoms with Gasteiger partial charge in [0, 0.05) is 26.1 Å². The summed E-state index contributed by atoms with van der Waals surface area (Å²) in [6, 6.07) is 5.08. The van der Waals surface area contributed by atoms with Crippen molar-refractivity contribution in [2.45, 2.75) is 12.6 Å². The Morgan fingerprint density at radius 2 is 2.05 bits per heavy atom. The number of nitrogens with zero attached hydrogens (tertiary/aromatic N) is 2. The van der Waals surface area contributed by atoms with E-state index in [-0.39, 0.29) is 0 Å². The number of aryl methyl sites for hydroxylation is 1. The lowest BCUT2D eigenvalue weighted by Gasteiger charge is -2.09. The topological polar surface area (TPSA) is 53.1 Å². The van der Waals surface area contributed by atoms with Crippen LogP contribution < -0.4 is 5.73 Å². The molecule has 2 aromatic rings. The van der Waals surface area contributed by atoms with E-state index >= 15 is 0 Å². The molecule has 7 heteroatoms. The molecule has 1 aromatic carbocycles. The Morgan fingerprint density at radius 3 is 2.67 bits per heavy atom. The Kier molecular flexibility index (Phi) is 4.22. The number of aromatic nitrogens is 2. The van der Waals surface area contributed by atoms with Gasteiger partial charge in [-0.1, -0.05) is 12.1 Å². The molecule has 0 aliphatic heterocycles. The first-order valence-corrected chi connectivity index (χ1v) is 6.32. The first-order chi connectivity index (χ1) is 9.84. The molecule has 1 heterocycles. The van der Waals surface area contributed by atoms with Crippen molar-refractivity contribution in [3.63, 3.8) is 0 Å². The van der Waals surface area contributed by atoms with E-state index in [0.29, 0.717) is 35.7 Å². The molecule has 21 heavy (non-hydrogen) atoms. The Morgan fingerprint density at radius 1 is 1.33 bits per heavy atom. The van der Waals surface area contributed by atoms with E-state index in [4.69, 9.17) is 10.5 Å². The Balaban J connectivity index is 2.51. The van der Waals surface area contributed by atoms with E-state index in [0.717, 1.165) is 12.1 Å². The molecule has 0 atom stereocenters. The Hall–Kier alpha value is -2.02. The van der Waals surface area contributed by atoms with Gasteiger partial charge in [-0.05, 0) is 17.7 Å². The molecule has 0 radical (unpaired) electrons. The number of anilines is 1. The van der Waals surface area contributed by atoms with Crippen LogP contribution in [-0.2, 0) is 24.4 Å². The number of alkyl halides is 3. The summed E-state index contributed by atoms with van der Waals surface area (Å²) < 4.78 is 44.9. The molecule has 1 aromatic heterocycles. The molecule has 2 rings (SSSR count). The van der Waals surface area contributed by atoms with Crippen molar-refractivity contribution in [2.75, 3.05) is 19.5 Å². The first kappa shape index (κ1) is 15.4. The van der Waals surface area contributed by atoms with Gasteiger partial charge in [-0.3, -0.25) is 4.68 Å². The zero-order chi connectivity index (χ0) is 15.6. The average molecular weight is 299 g/mol. The number of nitrogen functional groups attached to an aromatic ring is 1. The van der Waals surface area contributed by atoms with Crippen LogP contribution in [-0.4, -0.2) is 23.5 Å². The summed E-state index contributed by atoms with van der Waals surface area (Å²) in [6.07, 6.45) is -3.91. The summed E-state index contributed by atoms with van der Waals surface area (Å²) in [7, 11) is 3.21. The highest BCUT2D eigenvalue weighted by Crippen LogP contribution is 2.35. The standard InChI is InChI=1S/C14H16F3N3O/c1-20-13(18)12(11(19-20)6-7-21-2)9-4-3-5-10(8-9)14(15,16)17/h3-5,8H,6-7,18H2,1-2H3. The van der Waals surface area contributed by atoms with Crippen molar-refractivity contribution >= 4 is 5.82 Å². The maximum Gasteiger partial charge on any atom is 0.416 e. The summed E-state index contributed by atoms with van der Waals surface area (Å²) in [6.45, 7) is 0.419. The second kappa shape index (κ2) is 5.77. The highest BCUT2D eigenvalue weighted by atomic mass is 19.4. The second-order valence-electron chi connectivity index (χ2n) is 4.65. The summed E-state index contributed by atoms with van der Waals surface area (Å²) >= 11 is 0. The molecule has 0 amide bonds. The molecule has 0 saturated carbocycles. The number of nitrogens with two attached hydrogens (primary N) is 1. The van der Waals surface area contributed by atoms with Crippen LogP contribution in [0.4, 0.5) is 19.0 Å². The Labute approximate surface area is 120 Å². The minimum absolute atomic E-state index is 0.334. The molecular formula is C14H16F3N3O. The van der Waals surface area contributed by atoms with Crippen LogP contribution in [0.25, 0.3) is 11.1 Å². The third-order valence-electron chi connectivity index (χ3n) is 3.19. The molecule has 2 N–H and O–H groups in total. The molecular weight excluding hydrogens is 283 g/mol. The lowest BCUT2D eigenvalue weighted by Crippen LogP contribution is -2.05. The van der Waals surface area contributed by atoms with Gasteiger partial charge in [0.1, 0.15) is 5.82 Å². The van der Waals surface area contributed by atoms with Gasteiger partial charge < -0.3 is 10.5 Å². The number of hydrogen-bond acceptors (Lipinski definition) is 3. The van der Waals surface area contributed by atoms with Crippen molar-refractivity contribution in [2.24, 2.45) is 7.05 Å². The van der Waals surface area contributed by atoms with Crippen molar-refractivity contribution in [3.8, 4) is 11.1 Å². The molecule has 0 aliphatic carbocycles. The fourth-order valence-corrected chi connectivity index (χ4v) is 2.13. The molecule has 0 fully saturated rings. The highest BCUT2D eigenvalue weighted by molar-refractivity contribution is 5.77. The van der Waals surface area contributed by atoms with Crippen LogP contribution in [0.15, 0.2) is 24.3 Å². The summed E-state index contributed by atoms with van der Waals surface area (Å²) in [5.74, 6) is 0.334. The average Bonchev–Trinajstić information content (AvgIpc) is 2.71. The first-order valence-electron chi connectivity index (χ1n) is 6.32. The number of hydrogen-bond donors (Lipinski definition) is 1. The summed E-state index contributed by atoms with van der Waals surface area (Å²) in [4.78, 5) is 0. The predicted octanol–water partition coefficient (Wildman–Crippen LogP) is 2.88. The normalized spacial score (nSPS) is 11.9. The van der Waals surface area contributed by atoms with Crippen LogP contribution in [0, 0.1) is 0 Å². The quantitative estimate of drug-likeness (QED) is 0.944. The number of halogens is 3. The molecule has 114 valence electrons. The van der Waals surface area contributed by atoms with Crippen LogP contribution in [0.3, 0.4) is 0 Å². The van der Waals surface area contributed by atoms with E-state index < -0.39 is 11.7 Å². The van der Waals surface area contributed by atoms with Gasteiger partial charge in [0.15, 0.2) is 0 Å². The molecule has 0 aliphatic rings. The molecule has 0 bridgehead atoms. The number of rotatable bonds is 4. The zero-order valence-electron chi connectivity index (χ0n) is 11.7. The van der Waals surface area contributed by atoms with E-state index in [2.05, 4.69) is 5.10 Å². The molecule has 4 nitrogen and oxygen atoms in total. The number of ether oxygens (including phenoxy) is 1. The van der Waals surface area contributed by atoms with Crippen LogP contribution >= 0.6 is 0 Å². The Bertz CT molecular complexity index is 635. The summed E-state index contributed by atoms with van der Waals surface area (Å²) in [5, 5.41) is 4.25. The van der Waals surface area contributed by atoms with Gasteiger partial charge in [-0.25, -0.2) is 0 Å². The van der Waals surface area contributed by atoms with Gasteiger partial charge in [-0.2, -0.15) is 18.3 Å². The number of methoxy groups -OCH3 is 1. The van der Waals surface area contributed by atoms with Gasteiger partial charge >= 0.3 is 6.18 Å². The fourth-order valence-electron chi connectivity index (χ4n) is 2.13. The van der Waals surface area contributed by atoms with E-state index in [9.17, 15) is 13.2 Å². The van der Waals surface area contributed by atoms with Crippen LogP contribution in [0.5, 0.6) is 0 Å². The third-order valence-corrected chi connectivity index (χ3v) is 3.19. The van der Waals surface area contributed by atoms with Crippen molar-refractivity contribution in [1.82, 2.24) is 9.78 Å². The van der Waals surface area contributed by atoms with E-state index in [1.807, 2.05) is 0 Å². The SMILES string of the molecule is COCCc1nn(C)c(N)c1-c1cccc(C(F)(F)F)c1. The van der Waals surface area contributed by atoms with Gasteiger partial charge in [0.25, 0.3) is 0 Å². The molecule has 0 unspecified atom stereocenters. The smallest absolute Gasteiger partial charge is 0.384 e. The van der Waals surface area contributed by atoms with Gasteiger partial charge in [0.05, 0.1) is 17.9 Å². The molecule has 0 saturated heterocycles. The van der Waals surface area contributed by atoms with E-state index in [1.165, 1.54) is 10.7 Å². The predicted molar refractivity (Wildman–Crippen MR) is 73.6 cm³/mol. The van der Waals surface area contributed by atoms with E-state index in [1.54, 1.807) is 20.2 Å². The second-order valence-corrected chi connectivity index (χ2v) is 4.65. The molecule has 0 spiro atoms. The van der Waals surface area contributed by atoms with Crippen molar-refractivity contribution in [1.29, 1.82) is 0 Å². The fraction of sp³-hybridized carbons (Fsp3) is 0.357. The van der Waals surface area contributed by atoms with Crippen molar-refractivity contribution in [3.05, 3.63) is 35.5 Å². The van der Waals surface area contributed by atoms with Crippen LogP contribution in [0.1, 0.15) is 11.3 Å². The third kappa shape index (κ3) is 3.18. The van der Waals surface area contributed by atoms with Gasteiger partial charge in [-0.15, -0.1) is 0 Å². The lowest BCUT2D eigenvalue weighted by atomic mass is 10.0. The maximum atomic E-state index is 12.8. The summed E-state index contributed by atoms with van der Waals surface area (Å²) in [5.41, 5.74) is 6.79. The zero-order valence-corrected chi connectivity index (χ0v) is 11.7.